The first-order valence-corrected chi connectivity index (χ1v) is 9.89. The number of carbonyl (C=O) groups is 1. The molecular formula is C24H20ClN3O2. The normalized spacial score (nSPS) is 12.3. The third-order valence-electron chi connectivity index (χ3n) is 5.08. The minimum absolute atomic E-state index is 0.0716. The Balaban J connectivity index is 1.55. The van der Waals surface area contributed by atoms with Crippen molar-refractivity contribution < 1.29 is 9.90 Å². The highest BCUT2D eigenvalue weighted by Gasteiger charge is 2.12. The summed E-state index contributed by atoms with van der Waals surface area (Å²) >= 11 is 5.85. The van der Waals surface area contributed by atoms with Gasteiger partial charge in [0, 0.05) is 28.2 Å². The number of aromatic hydroxyl groups is 1. The summed E-state index contributed by atoms with van der Waals surface area (Å²) in [7, 11) is 0. The largest absolute Gasteiger partial charge is 0.506 e. The van der Waals surface area contributed by atoms with Crippen LogP contribution in [0.2, 0.25) is 5.02 Å². The third-order valence-corrected chi connectivity index (χ3v) is 5.38. The molecule has 1 heterocycles. The molecule has 3 aromatic carbocycles. The van der Waals surface area contributed by atoms with Crippen molar-refractivity contribution in [3.8, 4) is 5.75 Å². The zero-order valence-electron chi connectivity index (χ0n) is 16.3. The average molecular weight is 418 g/mol. The van der Waals surface area contributed by atoms with E-state index in [1.807, 2.05) is 30.3 Å². The number of fused-ring (bicyclic) bond motifs is 1. The summed E-state index contributed by atoms with van der Waals surface area (Å²) in [5.74, 6) is -0.478. The van der Waals surface area contributed by atoms with Crippen LogP contribution in [0.25, 0.3) is 10.9 Å². The third kappa shape index (κ3) is 3.93. The van der Waals surface area contributed by atoms with Gasteiger partial charge in [0.1, 0.15) is 5.75 Å². The smallest absolute Gasteiger partial charge is 0.271 e. The van der Waals surface area contributed by atoms with Crippen LogP contribution in [0, 0.1) is 0 Å². The molecular weight excluding hydrogens is 398 g/mol. The number of phenols is 1. The fourth-order valence-corrected chi connectivity index (χ4v) is 3.61. The van der Waals surface area contributed by atoms with Crippen LogP contribution in [0.15, 0.2) is 84.1 Å². The van der Waals surface area contributed by atoms with Gasteiger partial charge >= 0.3 is 0 Å². The molecule has 0 fully saturated rings. The van der Waals surface area contributed by atoms with Crippen molar-refractivity contribution in [1.29, 1.82) is 0 Å². The molecule has 0 saturated heterocycles. The molecule has 0 bridgehead atoms. The van der Waals surface area contributed by atoms with E-state index in [0.29, 0.717) is 5.56 Å². The Morgan fingerprint density at radius 2 is 1.90 bits per heavy atom. The number of phenolic OH excluding ortho intramolecular Hbond substituents is 1. The summed E-state index contributed by atoms with van der Waals surface area (Å²) in [6.45, 7) is 2.17. The van der Waals surface area contributed by atoms with Crippen LogP contribution >= 0.6 is 11.6 Å². The molecule has 1 aromatic heterocycles. The molecule has 2 N–H and O–H groups in total. The lowest BCUT2D eigenvalue weighted by Crippen LogP contribution is -2.17. The van der Waals surface area contributed by atoms with E-state index in [-0.39, 0.29) is 16.8 Å². The first-order valence-electron chi connectivity index (χ1n) is 9.51. The van der Waals surface area contributed by atoms with Crippen molar-refractivity contribution in [1.82, 2.24) is 9.99 Å². The van der Waals surface area contributed by atoms with Gasteiger partial charge < -0.3 is 9.67 Å². The molecule has 0 aliphatic rings. The Labute approximate surface area is 179 Å². The fourth-order valence-electron chi connectivity index (χ4n) is 3.43. The summed E-state index contributed by atoms with van der Waals surface area (Å²) in [6, 6.07) is 22.8. The summed E-state index contributed by atoms with van der Waals surface area (Å²) in [5, 5.41) is 14.7. The van der Waals surface area contributed by atoms with Gasteiger partial charge in [-0.15, -0.1) is 0 Å². The van der Waals surface area contributed by atoms with Crippen molar-refractivity contribution in [2.75, 3.05) is 0 Å². The quantitative estimate of drug-likeness (QED) is 0.338. The maximum Gasteiger partial charge on any atom is 0.271 e. The van der Waals surface area contributed by atoms with Crippen molar-refractivity contribution in [3.05, 3.63) is 101 Å². The van der Waals surface area contributed by atoms with Gasteiger partial charge in [-0.25, -0.2) is 5.43 Å². The van der Waals surface area contributed by atoms with Crippen LogP contribution in [0.5, 0.6) is 5.75 Å². The predicted octanol–water partition coefficient (Wildman–Crippen LogP) is 5.37. The lowest BCUT2D eigenvalue weighted by atomic mass is 10.1. The van der Waals surface area contributed by atoms with Crippen LogP contribution in [0.3, 0.4) is 0 Å². The van der Waals surface area contributed by atoms with Crippen molar-refractivity contribution in [2.45, 2.75) is 13.0 Å². The fraction of sp³-hybridized carbons (Fsp3) is 0.0833. The summed E-state index contributed by atoms with van der Waals surface area (Å²) in [5.41, 5.74) is 6.03. The van der Waals surface area contributed by atoms with E-state index in [1.54, 1.807) is 6.21 Å². The van der Waals surface area contributed by atoms with Gasteiger partial charge in [0.25, 0.3) is 5.91 Å². The number of hydrazone groups is 1. The van der Waals surface area contributed by atoms with Crippen LogP contribution in [-0.4, -0.2) is 21.8 Å². The van der Waals surface area contributed by atoms with Gasteiger partial charge in [-0.3, -0.25) is 4.79 Å². The van der Waals surface area contributed by atoms with Crippen molar-refractivity contribution >= 4 is 34.6 Å². The van der Waals surface area contributed by atoms with E-state index in [9.17, 15) is 9.90 Å². The first-order chi connectivity index (χ1) is 14.5. The lowest BCUT2D eigenvalue weighted by Gasteiger charge is -2.16. The second-order valence-corrected chi connectivity index (χ2v) is 7.36. The maximum atomic E-state index is 12.2. The van der Waals surface area contributed by atoms with Crippen LogP contribution < -0.4 is 5.43 Å². The van der Waals surface area contributed by atoms with E-state index < -0.39 is 5.91 Å². The minimum atomic E-state index is -0.407. The molecule has 1 amide bonds. The van der Waals surface area contributed by atoms with E-state index in [1.165, 1.54) is 23.8 Å². The number of amides is 1. The molecule has 150 valence electrons. The van der Waals surface area contributed by atoms with Crippen LogP contribution in [0.4, 0.5) is 0 Å². The second-order valence-electron chi connectivity index (χ2n) is 6.96. The van der Waals surface area contributed by atoms with E-state index in [0.717, 1.165) is 16.5 Å². The zero-order valence-corrected chi connectivity index (χ0v) is 17.0. The van der Waals surface area contributed by atoms with E-state index in [2.05, 4.69) is 52.5 Å². The van der Waals surface area contributed by atoms with Gasteiger partial charge in [0.05, 0.1) is 17.3 Å². The molecule has 0 aliphatic heterocycles. The molecule has 0 radical (unpaired) electrons. The molecule has 30 heavy (non-hydrogen) atoms. The molecule has 0 spiro atoms. The Bertz CT molecular complexity index is 1230. The number of hydrogen-bond acceptors (Lipinski definition) is 3. The Hall–Kier alpha value is -3.57. The van der Waals surface area contributed by atoms with E-state index >= 15 is 0 Å². The zero-order chi connectivity index (χ0) is 21.1. The number of hydrogen-bond donors (Lipinski definition) is 2. The molecule has 6 heteroatoms. The highest BCUT2D eigenvalue weighted by Crippen LogP contribution is 2.26. The van der Waals surface area contributed by atoms with E-state index in [4.69, 9.17) is 11.6 Å². The predicted molar refractivity (Wildman–Crippen MR) is 120 cm³/mol. The van der Waals surface area contributed by atoms with Gasteiger partial charge in [-0.2, -0.15) is 5.10 Å². The topological polar surface area (TPSA) is 66.6 Å². The molecule has 0 aliphatic carbocycles. The Kier molecular flexibility index (Phi) is 5.55. The van der Waals surface area contributed by atoms with Gasteiger partial charge in [0.15, 0.2) is 0 Å². The number of benzene rings is 3. The summed E-state index contributed by atoms with van der Waals surface area (Å²) in [4.78, 5) is 12.2. The number of carbonyl (C=O) groups excluding carboxylic acids is 1. The minimum Gasteiger partial charge on any atom is -0.506 e. The SMILES string of the molecule is CC(c1ccccc1)n1ccc2c(/C=N/NC(=O)c3ccc(O)c(Cl)c3)cccc21. The number of halogens is 1. The second kappa shape index (κ2) is 8.43. The van der Waals surface area contributed by atoms with Crippen LogP contribution in [-0.2, 0) is 0 Å². The van der Waals surface area contributed by atoms with Gasteiger partial charge in [-0.1, -0.05) is 54.1 Å². The summed E-state index contributed by atoms with van der Waals surface area (Å²) in [6.07, 6.45) is 3.69. The number of nitrogens with zero attached hydrogens (tertiary/aromatic N) is 2. The highest BCUT2D eigenvalue weighted by molar-refractivity contribution is 6.32. The molecule has 4 aromatic rings. The maximum absolute atomic E-state index is 12.2. The number of nitrogens with one attached hydrogen (secondary N) is 1. The van der Waals surface area contributed by atoms with Gasteiger partial charge in [-0.05, 0) is 42.8 Å². The molecule has 0 saturated carbocycles. The van der Waals surface area contributed by atoms with Crippen molar-refractivity contribution in [2.24, 2.45) is 5.10 Å². The van der Waals surface area contributed by atoms with Crippen molar-refractivity contribution in [3.63, 3.8) is 0 Å². The monoisotopic (exact) mass is 417 g/mol. The highest BCUT2D eigenvalue weighted by atomic mass is 35.5. The molecule has 1 unspecified atom stereocenters. The first kappa shape index (κ1) is 19.7. The number of aromatic nitrogens is 1. The molecule has 4 rings (SSSR count). The average Bonchev–Trinajstić information content (AvgIpc) is 3.20. The molecule has 1 atom stereocenters. The Morgan fingerprint density at radius 1 is 1.10 bits per heavy atom. The lowest BCUT2D eigenvalue weighted by molar-refractivity contribution is 0.0955. The molecule has 5 nitrogen and oxygen atoms in total. The number of rotatable bonds is 5. The summed E-state index contributed by atoms with van der Waals surface area (Å²) < 4.78 is 2.22. The van der Waals surface area contributed by atoms with Crippen LogP contribution in [0.1, 0.15) is 34.5 Å². The standard InChI is InChI=1S/C24H20ClN3O2/c1-16(17-6-3-2-4-7-17)28-13-12-20-19(8-5-9-22(20)28)15-26-27-24(30)18-10-11-23(29)21(25)14-18/h2-16,29H,1H3,(H,27,30)/b26-15+. The van der Waals surface area contributed by atoms with Gasteiger partial charge in [0.2, 0.25) is 0 Å². The Morgan fingerprint density at radius 3 is 2.67 bits per heavy atom.